The van der Waals surface area contributed by atoms with E-state index in [1.54, 1.807) is 0 Å². The van der Waals surface area contributed by atoms with E-state index in [2.05, 4.69) is 9.72 Å². The molecule has 0 aromatic carbocycles. The first kappa shape index (κ1) is 14.7. The molecule has 0 saturated carbocycles. The Labute approximate surface area is 106 Å². The number of rotatable bonds is 3. The number of carbonyl (C=O) groups excluding carboxylic acids is 1. The predicted octanol–water partition coefficient (Wildman–Crippen LogP) is 1.80. The number of nitrogens with zero attached hydrogens (tertiary/aromatic N) is 1. The van der Waals surface area contributed by atoms with E-state index >= 15 is 0 Å². The summed E-state index contributed by atoms with van der Waals surface area (Å²) in [4.78, 5) is 14.6. The van der Waals surface area contributed by atoms with Gasteiger partial charge in [-0.05, 0) is 6.07 Å². The minimum absolute atomic E-state index is 0.0936. The molecule has 1 heterocycles. The molecule has 0 radical (unpaired) electrons. The van der Waals surface area contributed by atoms with Gasteiger partial charge in [0.2, 0.25) is 0 Å². The number of carbonyl (C=O) groups is 1. The third-order valence-electron chi connectivity index (χ3n) is 2.16. The van der Waals surface area contributed by atoms with Gasteiger partial charge in [-0.25, -0.2) is 0 Å². The van der Waals surface area contributed by atoms with Gasteiger partial charge in [-0.3, -0.25) is 9.78 Å². The molecule has 0 saturated heterocycles. The van der Waals surface area contributed by atoms with Gasteiger partial charge in [0.15, 0.2) is 0 Å². The Bertz CT molecular complexity index is 451. The molecule has 18 heavy (non-hydrogen) atoms. The molecule has 0 aliphatic heterocycles. The maximum Gasteiger partial charge on any atom is 0.417 e. The van der Waals surface area contributed by atoms with Crippen LogP contribution in [-0.4, -0.2) is 24.1 Å². The van der Waals surface area contributed by atoms with Gasteiger partial charge in [0, 0.05) is 12.6 Å². The highest BCUT2D eigenvalue weighted by molar-refractivity contribution is 6.31. The number of halogens is 4. The van der Waals surface area contributed by atoms with E-state index in [1.165, 1.54) is 0 Å². The molecule has 0 unspecified atom stereocenters. The van der Waals surface area contributed by atoms with E-state index < -0.39 is 23.8 Å². The van der Waals surface area contributed by atoms with Crippen molar-refractivity contribution in [3.63, 3.8) is 0 Å². The van der Waals surface area contributed by atoms with E-state index in [9.17, 15) is 18.0 Å². The van der Waals surface area contributed by atoms with E-state index in [4.69, 9.17) is 17.3 Å². The Morgan fingerprint density at radius 3 is 2.67 bits per heavy atom. The Hall–Kier alpha value is -1.34. The summed E-state index contributed by atoms with van der Waals surface area (Å²) in [6.45, 7) is 0. The van der Waals surface area contributed by atoms with Crippen LogP contribution in [-0.2, 0) is 22.1 Å². The van der Waals surface area contributed by atoms with Gasteiger partial charge in [0.05, 0.1) is 23.4 Å². The summed E-state index contributed by atoms with van der Waals surface area (Å²) in [6.07, 6.45) is -3.96. The smallest absolute Gasteiger partial charge is 0.417 e. The van der Waals surface area contributed by atoms with Crippen LogP contribution in [0.25, 0.3) is 0 Å². The Kier molecular flexibility index (Phi) is 4.53. The molecule has 0 aliphatic rings. The number of aromatic nitrogens is 1. The zero-order chi connectivity index (χ0) is 13.9. The molecule has 4 nitrogen and oxygen atoms in total. The molecule has 1 aromatic heterocycles. The normalized spacial score (nSPS) is 13.2. The van der Waals surface area contributed by atoms with Crippen molar-refractivity contribution in [1.82, 2.24) is 4.98 Å². The molecule has 0 spiro atoms. The highest BCUT2D eigenvalue weighted by Crippen LogP contribution is 2.31. The van der Waals surface area contributed by atoms with E-state index in [0.717, 1.165) is 13.2 Å². The van der Waals surface area contributed by atoms with Crippen LogP contribution < -0.4 is 5.73 Å². The second-order valence-electron chi connectivity index (χ2n) is 3.48. The number of hydrogen-bond acceptors (Lipinski definition) is 4. The monoisotopic (exact) mass is 282 g/mol. The Morgan fingerprint density at radius 1 is 1.61 bits per heavy atom. The van der Waals surface area contributed by atoms with Gasteiger partial charge in [-0.1, -0.05) is 11.6 Å². The van der Waals surface area contributed by atoms with Crippen molar-refractivity contribution in [1.29, 1.82) is 0 Å². The molecule has 1 atom stereocenters. The topological polar surface area (TPSA) is 65.2 Å². The van der Waals surface area contributed by atoms with Crippen molar-refractivity contribution in [2.75, 3.05) is 7.11 Å². The first-order valence-electron chi connectivity index (χ1n) is 4.80. The first-order valence-corrected chi connectivity index (χ1v) is 5.18. The summed E-state index contributed by atoms with van der Waals surface area (Å²) in [5.41, 5.74) is 4.61. The molecule has 8 heteroatoms. The number of esters is 1. The van der Waals surface area contributed by atoms with Gasteiger partial charge < -0.3 is 10.5 Å². The molecule has 0 amide bonds. The zero-order valence-electron chi connectivity index (χ0n) is 9.29. The number of ether oxygens (including phenoxy) is 1. The minimum Gasteiger partial charge on any atom is -0.468 e. The largest absolute Gasteiger partial charge is 0.468 e. The first-order chi connectivity index (χ1) is 8.25. The quantitative estimate of drug-likeness (QED) is 0.859. The summed E-state index contributed by atoms with van der Waals surface area (Å²) in [6, 6.07) is -0.273. The molecule has 0 bridgehead atoms. The predicted molar refractivity (Wildman–Crippen MR) is 57.9 cm³/mol. The summed E-state index contributed by atoms with van der Waals surface area (Å²) in [5, 5.41) is -0.191. The van der Waals surface area contributed by atoms with Gasteiger partial charge in [-0.15, -0.1) is 0 Å². The molecule has 1 rings (SSSR count). The molecule has 1 aromatic rings. The van der Waals surface area contributed by atoms with Gasteiger partial charge >= 0.3 is 12.1 Å². The molecule has 0 aliphatic carbocycles. The number of pyridine rings is 1. The van der Waals surface area contributed by atoms with E-state index in [0.29, 0.717) is 6.20 Å². The standard InChI is InChI=1S/C10H10ClF3N2O2/c1-18-9(17)7(15)3-8-6(11)2-5(4-16-8)10(12,13)14/h2,4,7H,3,15H2,1H3/t7-/m1/s1. The molecule has 100 valence electrons. The fourth-order valence-electron chi connectivity index (χ4n) is 1.21. The van der Waals surface area contributed by atoms with E-state index in [1.807, 2.05) is 0 Å². The van der Waals surface area contributed by atoms with E-state index in [-0.39, 0.29) is 17.1 Å². The highest BCUT2D eigenvalue weighted by Gasteiger charge is 2.31. The summed E-state index contributed by atoms with van der Waals surface area (Å²) >= 11 is 5.66. The lowest BCUT2D eigenvalue weighted by Crippen LogP contribution is -2.34. The second kappa shape index (κ2) is 5.53. The SMILES string of the molecule is COC(=O)[C@H](N)Cc1ncc(C(F)(F)F)cc1Cl. The Morgan fingerprint density at radius 2 is 2.22 bits per heavy atom. The zero-order valence-corrected chi connectivity index (χ0v) is 10.0. The minimum atomic E-state index is -4.51. The maximum atomic E-state index is 12.3. The number of nitrogens with two attached hydrogens (primary N) is 1. The highest BCUT2D eigenvalue weighted by atomic mass is 35.5. The third-order valence-corrected chi connectivity index (χ3v) is 2.49. The van der Waals surface area contributed by atoms with Gasteiger partial charge in [0.25, 0.3) is 0 Å². The lowest BCUT2D eigenvalue weighted by atomic mass is 10.1. The van der Waals surface area contributed by atoms with Crippen molar-refractivity contribution >= 4 is 17.6 Å². The number of alkyl halides is 3. The maximum absolute atomic E-state index is 12.3. The average molecular weight is 283 g/mol. The Balaban J connectivity index is 2.90. The second-order valence-corrected chi connectivity index (χ2v) is 3.89. The van der Waals surface area contributed by atoms with Crippen molar-refractivity contribution in [3.8, 4) is 0 Å². The fraction of sp³-hybridized carbons (Fsp3) is 0.400. The molecule has 0 fully saturated rings. The van der Waals surface area contributed by atoms with Crippen LogP contribution in [0.4, 0.5) is 13.2 Å². The number of methoxy groups -OCH3 is 1. The van der Waals surface area contributed by atoms with Crippen LogP contribution in [0, 0.1) is 0 Å². The number of hydrogen-bond donors (Lipinski definition) is 1. The lowest BCUT2D eigenvalue weighted by molar-refractivity contribution is -0.142. The summed E-state index contributed by atoms with van der Waals surface area (Å²) in [7, 11) is 1.16. The summed E-state index contributed by atoms with van der Waals surface area (Å²) < 4.78 is 41.4. The molecule has 2 N–H and O–H groups in total. The van der Waals surface area contributed by atoms with Gasteiger partial charge in [0.1, 0.15) is 6.04 Å². The van der Waals surface area contributed by atoms with Crippen LogP contribution in [0.15, 0.2) is 12.3 Å². The van der Waals surface area contributed by atoms with Crippen molar-refractivity contribution < 1.29 is 22.7 Å². The van der Waals surface area contributed by atoms with Gasteiger partial charge in [-0.2, -0.15) is 13.2 Å². The third kappa shape index (κ3) is 3.58. The lowest BCUT2D eigenvalue weighted by Gasteiger charge is -2.11. The molecular weight excluding hydrogens is 273 g/mol. The van der Waals surface area contributed by atoms with Crippen LogP contribution >= 0.6 is 11.6 Å². The van der Waals surface area contributed by atoms with Crippen molar-refractivity contribution in [2.24, 2.45) is 5.73 Å². The fourth-order valence-corrected chi connectivity index (χ4v) is 1.46. The van der Waals surface area contributed by atoms with Crippen LogP contribution in [0.2, 0.25) is 5.02 Å². The van der Waals surface area contributed by atoms with Crippen LogP contribution in [0.5, 0.6) is 0 Å². The van der Waals surface area contributed by atoms with Crippen molar-refractivity contribution in [2.45, 2.75) is 18.6 Å². The van der Waals surface area contributed by atoms with Crippen molar-refractivity contribution in [3.05, 3.63) is 28.5 Å². The average Bonchev–Trinajstić information content (AvgIpc) is 2.29. The van der Waals surface area contributed by atoms with Crippen LogP contribution in [0.3, 0.4) is 0 Å². The summed E-state index contributed by atoms with van der Waals surface area (Å²) in [5.74, 6) is -0.687. The molecular formula is C10H10ClF3N2O2. The van der Waals surface area contributed by atoms with Crippen LogP contribution in [0.1, 0.15) is 11.3 Å².